The van der Waals surface area contributed by atoms with Crippen molar-refractivity contribution in [3.05, 3.63) is 114 Å². The number of nitrogens with one attached hydrogen (secondary N) is 1. The molecule has 0 aliphatic rings. The van der Waals surface area contributed by atoms with Crippen molar-refractivity contribution in [3.8, 4) is 11.5 Å². The Bertz CT molecular complexity index is 1620. The molecular weight excluding hydrogens is 439 g/mol. The summed E-state index contributed by atoms with van der Waals surface area (Å²) in [5, 5.41) is 14.5. The molecule has 6 heteroatoms. The average molecular weight is 463 g/mol. The molecule has 2 heterocycles. The zero-order chi connectivity index (χ0) is 23.8. The number of halogens is 1. The highest BCUT2D eigenvalue weighted by atomic mass is 19.1. The summed E-state index contributed by atoms with van der Waals surface area (Å²) in [7, 11) is 0. The second kappa shape index (κ2) is 8.72. The molecule has 6 rings (SSSR count). The molecular formula is C29H23FN4O. The number of nitrogens with zero attached hydrogens (tertiary/aromatic N) is 3. The first-order chi connectivity index (χ1) is 17.2. The number of hydrogen-bond donors (Lipinski definition) is 1. The van der Waals surface area contributed by atoms with Crippen molar-refractivity contribution in [2.24, 2.45) is 0 Å². The lowest BCUT2D eigenvalue weighted by Crippen LogP contribution is -2.13. The van der Waals surface area contributed by atoms with Crippen LogP contribution >= 0.6 is 0 Å². The quantitative estimate of drug-likeness (QED) is 0.284. The maximum atomic E-state index is 13.7. The molecule has 0 bridgehead atoms. The zero-order valence-electron chi connectivity index (χ0n) is 19.1. The van der Waals surface area contributed by atoms with Gasteiger partial charge in [-0.2, -0.15) is 0 Å². The molecule has 0 saturated heterocycles. The Labute approximate surface area is 201 Å². The van der Waals surface area contributed by atoms with E-state index in [-0.39, 0.29) is 5.82 Å². The summed E-state index contributed by atoms with van der Waals surface area (Å²) in [5.41, 5.74) is 4.97. The van der Waals surface area contributed by atoms with E-state index < -0.39 is 6.04 Å². The number of anilines is 1. The van der Waals surface area contributed by atoms with E-state index >= 15 is 0 Å². The van der Waals surface area contributed by atoms with Gasteiger partial charge in [0.25, 0.3) is 0 Å². The Hall–Kier alpha value is -4.45. The predicted molar refractivity (Wildman–Crippen MR) is 137 cm³/mol. The van der Waals surface area contributed by atoms with Crippen LogP contribution in [0.3, 0.4) is 0 Å². The van der Waals surface area contributed by atoms with Crippen LogP contribution in [-0.4, -0.2) is 14.8 Å². The number of benzene rings is 4. The largest absolute Gasteiger partial charge is 0.418 e. The van der Waals surface area contributed by atoms with Gasteiger partial charge in [-0.3, -0.25) is 0 Å². The van der Waals surface area contributed by atoms with Crippen molar-refractivity contribution in [2.45, 2.75) is 19.5 Å². The Kier molecular flexibility index (Phi) is 5.26. The third kappa shape index (κ3) is 3.83. The summed E-state index contributed by atoms with van der Waals surface area (Å²) >= 11 is 0. The minimum Gasteiger partial charge on any atom is -0.418 e. The monoisotopic (exact) mass is 462 g/mol. The average Bonchev–Trinajstić information content (AvgIpc) is 3.51. The van der Waals surface area contributed by atoms with Crippen LogP contribution in [0.5, 0.6) is 0 Å². The summed E-state index contributed by atoms with van der Waals surface area (Å²) in [6, 6.07) is 30.3. The lowest BCUT2D eigenvalue weighted by atomic mass is 10.1. The first-order valence-electron chi connectivity index (χ1n) is 11.6. The molecule has 35 heavy (non-hydrogen) atoms. The standard InChI is InChI=1S/C29H23FN4O/c1-2-34-25-11-7-6-10-23(25)24-18-22(16-17-26(24)34)31-27(19-12-14-21(30)15-13-19)29-33-32-28(35-29)20-8-4-3-5-9-20/h3-18,27,31H,2H2,1H3. The summed E-state index contributed by atoms with van der Waals surface area (Å²) in [6.07, 6.45) is 0. The van der Waals surface area contributed by atoms with Crippen LogP contribution in [0.15, 0.2) is 101 Å². The molecule has 6 aromatic rings. The first kappa shape index (κ1) is 21.1. The van der Waals surface area contributed by atoms with Gasteiger partial charge in [0, 0.05) is 39.6 Å². The van der Waals surface area contributed by atoms with Crippen molar-refractivity contribution in [2.75, 3.05) is 5.32 Å². The van der Waals surface area contributed by atoms with Crippen molar-refractivity contribution in [1.29, 1.82) is 0 Å². The van der Waals surface area contributed by atoms with Gasteiger partial charge in [-0.05, 0) is 61.0 Å². The van der Waals surface area contributed by atoms with E-state index in [1.807, 2.05) is 30.3 Å². The fourth-order valence-electron chi connectivity index (χ4n) is 4.64. The van der Waals surface area contributed by atoms with E-state index in [0.29, 0.717) is 11.8 Å². The number of fused-ring (bicyclic) bond motifs is 3. The van der Waals surface area contributed by atoms with Crippen LogP contribution in [0.1, 0.15) is 24.4 Å². The van der Waals surface area contributed by atoms with E-state index in [4.69, 9.17) is 4.42 Å². The van der Waals surface area contributed by atoms with Crippen LogP contribution in [0.2, 0.25) is 0 Å². The van der Waals surface area contributed by atoms with E-state index in [2.05, 4.69) is 69.5 Å². The molecule has 172 valence electrons. The molecule has 0 amide bonds. The molecule has 0 saturated carbocycles. The van der Waals surface area contributed by atoms with Crippen LogP contribution in [-0.2, 0) is 6.54 Å². The minimum absolute atomic E-state index is 0.295. The van der Waals surface area contributed by atoms with Gasteiger partial charge >= 0.3 is 0 Å². The number of aryl methyl sites for hydroxylation is 1. The van der Waals surface area contributed by atoms with Gasteiger partial charge in [-0.1, -0.05) is 48.5 Å². The van der Waals surface area contributed by atoms with E-state index in [9.17, 15) is 4.39 Å². The Morgan fingerprint density at radius 1 is 0.829 bits per heavy atom. The minimum atomic E-state index is -0.447. The molecule has 1 atom stereocenters. The van der Waals surface area contributed by atoms with E-state index in [1.54, 1.807) is 12.1 Å². The summed E-state index contributed by atoms with van der Waals surface area (Å²) in [5.74, 6) is 0.555. The molecule has 4 aromatic carbocycles. The van der Waals surface area contributed by atoms with Gasteiger partial charge in [0.05, 0.1) is 0 Å². The van der Waals surface area contributed by atoms with Crippen molar-refractivity contribution >= 4 is 27.5 Å². The van der Waals surface area contributed by atoms with E-state index in [0.717, 1.165) is 23.4 Å². The van der Waals surface area contributed by atoms with Gasteiger partial charge in [0.1, 0.15) is 11.9 Å². The van der Waals surface area contributed by atoms with E-state index in [1.165, 1.54) is 33.9 Å². The molecule has 0 radical (unpaired) electrons. The van der Waals surface area contributed by atoms with Gasteiger partial charge in [-0.15, -0.1) is 10.2 Å². The Morgan fingerprint density at radius 2 is 1.57 bits per heavy atom. The summed E-state index contributed by atoms with van der Waals surface area (Å²) < 4.78 is 22.1. The van der Waals surface area contributed by atoms with Crippen LogP contribution in [0.25, 0.3) is 33.3 Å². The second-order valence-electron chi connectivity index (χ2n) is 8.43. The van der Waals surface area contributed by atoms with Gasteiger partial charge < -0.3 is 14.3 Å². The molecule has 5 nitrogen and oxygen atoms in total. The third-order valence-corrected chi connectivity index (χ3v) is 6.31. The molecule has 2 aromatic heterocycles. The van der Waals surface area contributed by atoms with Crippen molar-refractivity contribution in [3.63, 3.8) is 0 Å². The lowest BCUT2D eigenvalue weighted by Gasteiger charge is -2.17. The second-order valence-corrected chi connectivity index (χ2v) is 8.43. The summed E-state index contributed by atoms with van der Waals surface area (Å²) in [6.45, 7) is 3.04. The highest BCUT2D eigenvalue weighted by Crippen LogP contribution is 2.34. The fraction of sp³-hybridized carbons (Fsp3) is 0.103. The molecule has 1 unspecified atom stereocenters. The smallest absolute Gasteiger partial charge is 0.247 e. The third-order valence-electron chi connectivity index (χ3n) is 6.31. The van der Waals surface area contributed by atoms with Gasteiger partial charge in [0.15, 0.2) is 0 Å². The maximum Gasteiger partial charge on any atom is 0.247 e. The van der Waals surface area contributed by atoms with Gasteiger partial charge in [-0.25, -0.2) is 4.39 Å². The fourth-order valence-corrected chi connectivity index (χ4v) is 4.64. The molecule has 0 aliphatic carbocycles. The Balaban J connectivity index is 1.43. The topological polar surface area (TPSA) is 55.9 Å². The highest BCUT2D eigenvalue weighted by Gasteiger charge is 2.22. The number of aromatic nitrogens is 3. The number of rotatable bonds is 6. The highest BCUT2D eigenvalue weighted by molar-refractivity contribution is 6.09. The normalized spacial score (nSPS) is 12.3. The SMILES string of the molecule is CCn1c2ccccc2c2cc(NC(c3ccc(F)cc3)c3nnc(-c4ccccc4)o3)ccc21. The van der Waals surface area contributed by atoms with Crippen LogP contribution < -0.4 is 5.32 Å². The maximum absolute atomic E-state index is 13.7. The predicted octanol–water partition coefficient (Wildman–Crippen LogP) is 7.21. The molecule has 1 N–H and O–H groups in total. The first-order valence-corrected chi connectivity index (χ1v) is 11.6. The van der Waals surface area contributed by atoms with Crippen molar-refractivity contribution in [1.82, 2.24) is 14.8 Å². The van der Waals surface area contributed by atoms with Crippen LogP contribution in [0, 0.1) is 5.82 Å². The summed E-state index contributed by atoms with van der Waals surface area (Å²) in [4.78, 5) is 0. The molecule has 0 spiro atoms. The molecule has 0 aliphatic heterocycles. The molecule has 0 fully saturated rings. The number of para-hydroxylation sites is 1. The Morgan fingerprint density at radius 3 is 2.37 bits per heavy atom. The lowest BCUT2D eigenvalue weighted by molar-refractivity contribution is 0.494. The van der Waals surface area contributed by atoms with Crippen molar-refractivity contribution < 1.29 is 8.81 Å². The van der Waals surface area contributed by atoms with Gasteiger partial charge in [0.2, 0.25) is 11.8 Å². The van der Waals surface area contributed by atoms with Crippen LogP contribution in [0.4, 0.5) is 10.1 Å². The number of hydrogen-bond acceptors (Lipinski definition) is 4. The zero-order valence-corrected chi connectivity index (χ0v) is 19.1.